The summed E-state index contributed by atoms with van der Waals surface area (Å²) >= 11 is 0. The van der Waals surface area contributed by atoms with Crippen LogP contribution >= 0.6 is 24.8 Å². The van der Waals surface area contributed by atoms with Crippen molar-refractivity contribution in [2.45, 2.75) is 12.8 Å². The lowest BCUT2D eigenvalue weighted by Crippen LogP contribution is -2.49. The van der Waals surface area contributed by atoms with Gasteiger partial charge in [-0.15, -0.1) is 24.8 Å². The molecule has 8 heteroatoms. The number of hydrogen-bond donors (Lipinski definition) is 1. The second-order valence-corrected chi connectivity index (χ2v) is 4.64. The van der Waals surface area contributed by atoms with E-state index in [4.69, 9.17) is 0 Å². The molecule has 0 bridgehead atoms. The molecule has 1 fully saturated rings. The van der Waals surface area contributed by atoms with E-state index < -0.39 is 0 Å². The van der Waals surface area contributed by atoms with Crippen molar-refractivity contribution in [2.75, 3.05) is 44.7 Å². The van der Waals surface area contributed by atoms with Crippen LogP contribution in [0.1, 0.15) is 12.8 Å². The number of aromatic nitrogens is 2. The molecule has 0 atom stereocenters. The number of carbonyl (C=O) groups is 1. The van der Waals surface area contributed by atoms with E-state index in [9.17, 15) is 4.79 Å². The molecular formula is C13H23Cl2N5O. The van der Waals surface area contributed by atoms with Crippen LogP contribution < -0.4 is 10.2 Å². The van der Waals surface area contributed by atoms with E-state index in [1.807, 2.05) is 11.9 Å². The van der Waals surface area contributed by atoms with Gasteiger partial charge in [0.1, 0.15) is 5.82 Å². The first kappa shape index (κ1) is 19.9. The third-order valence-electron chi connectivity index (χ3n) is 3.32. The van der Waals surface area contributed by atoms with Crippen LogP contribution in [0, 0.1) is 0 Å². The van der Waals surface area contributed by atoms with Gasteiger partial charge in [-0.3, -0.25) is 9.78 Å². The summed E-state index contributed by atoms with van der Waals surface area (Å²) in [6.45, 7) is 4.10. The molecular weight excluding hydrogens is 313 g/mol. The van der Waals surface area contributed by atoms with Crippen molar-refractivity contribution in [3.63, 3.8) is 0 Å². The first-order valence-corrected chi connectivity index (χ1v) is 6.74. The Morgan fingerprint density at radius 1 is 1.24 bits per heavy atom. The van der Waals surface area contributed by atoms with E-state index in [2.05, 4.69) is 20.2 Å². The number of nitrogens with zero attached hydrogens (tertiary/aromatic N) is 4. The lowest BCUT2D eigenvalue weighted by Gasteiger charge is -2.35. The first-order chi connectivity index (χ1) is 9.31. The van der Waals surface area contributed by atoms with Crippen LogP contribution in [0.5, 0.6) is 0 Å². The van der Waals surface area contributed by atoms with E-state index in [1.165, 1.54) is 0 Å². The van der Waals surface area contributed by atoms with Gasteiger partial charge in [-0.25, -0.2) is 4.98 Å². The number of piperazine rings is 1. The molecule has 0 aliphatic carbocycles. The average molecular weight is 336 g/mol. The molecule has 21 heavy (non-hydrogen) atoms. The molecule has 1 aromatic rings. The SMILES string of the molecule is CNCCCC(=O)N1CCN(c2cnccn2)CC1.Cl.Cl. The fraction of sp³-hybridized carbons (Fsp3) is 0.615. The normalized spacial score (nSPS) is 14.1. The summed E-state index contributed by atoms with van der Waals surface area (Å²) in [6.07, 6.45) is 6.67. The number of halogens is 2. The van der Waals surface area contributed by atoms with Gasteiger partial charge < -0.3 is 15.1 Å². The van der Waals surface area contributed by atoms with Gasteiger partial charge in [-0.1, -0.05) is 0 Å². The highest BCUT2D eigenvalue weighted by atomic mass is 35.5. The predicted molar refractivity (Wildman–Crippen MR) is 88.5 cm³/mol. The molecule has 1 aliphatic rings. The molecule has 0 radical (unpaired) electrons. The summed E-state index contributed by atoms with van der Waals surface area (Å²) < 4.78 is 0. The highest BCUT2D eigenvalue weighted by Gasteiger charge is 2.21. The summed E-state index contributed by atoms with van der Waals surface area (Å²) in [5.74, 6) is 1.15. The van der Waals surface area contributed by atoms with Crippen molar-refractivity contribution in [1.82, 2.24) is 20.2 Å². The van der Waals surface area contributed by atoms with Crippen LogP contribution in [-0.2, 0) is 4.79 Å². The second-order valence-electron chi connectivity index (χ2n) is 4.64. The van der Waals surface area contributed by atoms with Crippen molar-refractivity contribution in [3.05, 3.63) is 18.6 Å². The Morgan fingerprint density at radius 3 is 2.52 bits per heavy atom. The maximum atomic E-state index is 12.0. The number of hydrogen-bond acceptors (Lipinski definition) is 5. The van der Waals surface area contributed by atoms with Crippen LogP contribution in [0.25, 0.3) is 0 Å². The summed E-state index contributed by atoms with van der Waals surface area (Å²) in [6, 6.07) is 0. The Hall–Kier alpha value is -1.11. The summed E-state index contributed by atoms with van der Waals surface area (Å²) in [7, 11) is 1.91. The molecule has 2 heterocycles. The van der Waals surface area contributed by atoms with E-state index in [-0.39, 0.29) is 30.7 Å². The lowest BCUT2D eigenvalue weighted by molar-refractivity contribution is -0.131. The molecule has 120 valence electrons. The zero-order chi connectivity index (χ0) is 13.5. The molecule has 2 rings (SSSR count). The van der Waals surface area contributed by atoms with Gasteiger partial charge in [-0.2, -0.15) is 0 Å². The van der Waals surface area contributed by atoms with E-state index in [1.54, 1.807) is 18.6 Å². The summed E-state index contributed by atoms with van der Waals surface area (Å²) in [5.41, 5.74) is 0. The quantitative estimate of drug-likeness (QED) is 0.812. The number of amides is 1. The Kier molecular flexibility index (Phi) is 10.0. The van der Waals surface area contributed by atoms with Gasteiger partial charge in [0.05, 0.1) is 6.20 Å². The van der Waals surface area contributed by atoms with Crippen LogP contribution in [0.3, 0.4) is 0 Å². The van der Waals surface area contributed by atoms with Crippen molar-refractivity contribution < 1.29 is 4.79 Å². The molecule has 0 spiro atoms. The van der Waals surface area contributed by atoms with Crippen LogP contribution in [-0.4, -0.2) is 60.5 Å². The van der Waals surface area contributed by atoms with Crippen molar-refractivity contribution in [1.29, 1.82) is 0 Å². The molecule has 0 aromatic carbocycles. The van der Waals surface area contributed by atoms with Crippen LogP contribution in [0.2, 0.25) is 0 Å². The molecule has 0 unspecified atom stereocenters. The Balaban J connectivity index is 0.00000200. The predicted octanol–water partition coefficient (Wildman–Crippen LogP) is 0.968. The largest absolute Gasteiger partial charge is 0.352 e. The monoisotopic (exact) mass is 335 g/mol. The number of carbonyl (C=O) groups excluding carboxylic acids is 1. The molecule has 0 saturated carbocycles. The van der Waals surface area contributed by atoms with E-state index in [0.717, 1.165) is 45.0 Å². The molecule has 1 aromatic heterocycles. The minimum absolute atomic E-state index is 0. The van der Waals surface area contributed by atoms with Crippen LogP contribution in [0.15, 0.2) is 18.6 Å². The van der Waals surface area contributed by atoms with Crippen molar-refractivity contribution >= 4 is 36.5 Å². The third kappa shape index (κ3) is 6.03. The van der Waals surface area contributed by atoms with Crippen molar-refractivity contribution in [3.8, 4) is 0 Å². The minimum atomic E-state index is 0. The van der Waals surface area contributed by atoms with Gasteiger partial charge in [-0.05, 0) is 20.0 Å². The minimum Gasteiger partial charge on any atom is -0.352 e. The van der Waals surface area contributed by atoms with Gasteiger partial charge in [0.15, 0.2) is 0 Å². The van der Waals surface area contributed by atoms with Crippen LogP contribution in [0.4, 0.5) is 5.82 Å². The molecule has 6 nitrogen and oxygen atoms in total. The second kappa shape index (κ2) is 10.6. The number of rotatable bonds is 5. The van der Waals surface area contributed by atoms with Gasteiger partial charge in [0.2, 0.25) is 5.91 Å². The van der Waals surface area contributed by atoms with Gasteiger partial charge in [0, 0.05) is 45.0 Å². The summed E-state index contributed by atoms with van der Waals surface area (Å²) in [4.78, 5) is 24.4. The topological polar surface area (TPSA) is 61.4 Å². The summed E-state index contributed by atoms with van der Waals surface area (Å²) in [5, 5.41) is 3.06. The fourth-order valence-corrected chi connectivity index (χ4v) is 2.21. The zero-order valence-corrected chi connectivity index (χ0v) is 13.8. The van der Waals surface area contributed by atoms with E-state index >= 15 is 0 Å². The maximum absolute atomic E-state index is 12.0. The Morgan fingerprint density at radius 2 is 1.95 bits per heavy atom. The zero-order valence-electron chi connectivity index (χ0n) is 12.2. The Bertz CT molecular complexity index is 399. The first-order valence-electron chi connectivity index (χ1n) is 6.74. The molecule has 1 amide bonds. The third-order valence-corrected chi connectivity index (χ3v) is 3.32. The number of nitrogens with one attached hydrogen (secondary N) is 1. The smallest absolute Gasteiger partial charge is 0.222 e. The molecule has 1 aliphatic heterocycles. The van der Waals surface area contributed by atoms with Gasteiger partial charge >= 0.3 is 0 Å². The fourth-order valence-electron chi connectivity index (χ4n) is 2.21. The molecule has 1 N–H and O–H groups in total. The average Bonchev–Trinajstić information content (AvgIpc) is 2.48. The maximum Gasteiger partial charge on any atom is 0.222 e. The molecule has 1 saturated heterocycles. The highest BCUT2D eigenvalue weighted by Crippen LogP contribution is 2.12. The number of anilines is 1. The highest BCUT2D eigenvalue weighted by molar-refractivity contribution is 5.85. The van der Waals surface area contributed by atoms with E-state index in [0.29, 0.717) is 6.42 Å². The Labute approximate surface area is 138 Å². The van der Waals surface area contributed by atoms with Crippen molar-refractivity contribution in [2.24, 2.45) is 0 Å². The van der Waals surface area contributed by atoms with Gasteiger partial charge in [0.25, 0.3) is 0 Å². The lowest BCUT2D eigenvalue weighted by atomic mass is 10.2. The standard InChI is InChI=1S/C13H21N5O.2ClH/c1-14-4-2-3-13(19)18-9-7-17(8-10-18)12-11-15-5-6-16-12;;/h5-6,11,14H,2-4,7-10H2,1H3;2*1H.